The Morgan fingerprint density at radius 3 is 2.43 bits per heavy atom. The second kappa shape index (κ2) is 7.27. The second-order valence-corrected chi connectivity index (χ2v) is 6.84. The fourth-order valence-corrected chi connectivity index (χ4v) is 2.85. The molecule has 2 heterocycles. The fraction of sp³-hybridized carbons (Fsp3) is 0.211. The van der Waals surface area contributed by atoms with Gasteiger partial charge in [0.1, 0.15) is 5.82 Å². The number of halogens is 4. The predicted octanol–water partition coefficient (Wildman–Crippen LogP) is 5.53. The molecule has 1 fully saturated rings. The van der Waals surface area contributed by atoms with E-state index in [2.05, 4.69) is 25.6 Å². The average molecular weight is 406 g/mol. The number of hydrogen-bond acceptors (Lipinski definition) is 5. The smallest absolute Gasteiger partial charge is 0.351 e. The van der Waals surface area contributed by atoms with Gasteiger partial charge in [-0.15, -0.1) is 0 Å². The first-order valence-corrected chi connectivity index (χ1v) is 8.96. The summed E-state index contributed by atoms with van der Waals surface area (Å²) >= 11 is 5.69. The van der Waals surface area contributed by atoms with E-state index >= 15 is 0 Å². The summed E-state index contributed by atoms with van der Waals surface area (Å²) in [5.74, 6) is 0.796. The third kappa shape index (κ3) is 4.33. The number of nitrogens with zero attached hydrogens (tertiary/aromatic N) is 3. The maximum atomic E-state index is 13.1. The predicted molar refractivity (Wildman–Crippen MR) is 102 cm³/mol. The molecule has 2 N–H and O–H groups in total. The molecule has 28 heavy (non-hydrogen) atoms. The zero-order valence-corrected chi connectivity index (χ0v) is 15.2. The molecule has 1 saturated carbocycles. The average Bonchev–Trinajstić information content (AvgIpc) is 3.47. The fourth-order valence-electron chi connectivity index (χ4n) is 2.62. The molecule has 9 heteroatoms. The minimum absolute atomic E-state index is 0.230. The van der Waals surface area contributed by atoms with Gasteiger partial charge in [-0.3, -0.25) is 4.98 Å². The summed E-state index contributed by atoms with van der Waals surface area (Å²) in [7, 11) is 0. The molecule has 0 aliphatic heterocycles. The number of aromatic nitrogens is 3. The van der Waals surface area contributed by atoms with Crippen molar-refractivity contribution in [2.75, 3.05) is 10.6 Å². The van der Waals surface area contributed by atoms with E-state index in [1.807, 2.05) is 0 Å². The molecule has 0 radical (unpaired) electrons. The SMILES string of the molecule is FC(F)(F)c1cc(Nc2cc(-c3ccncc3)nc(NC3CC3)n2)ccc1Cl. The summed E-state index contributed by atoms with van der Waals surface area (Å²) in [4.78, 5) is 12.9. The molecule has 1 aliphatic rings. The van der Waals surface area contributed by atoms with Crippen LogP contribution in [-0.2, 0) is 6.18 Å². The number of anilines is 3. The Kier molecular flexibility index (Phi) is 4.80. The lowest BCUT2D eigenvalue weighted by molar-refractivity contribution is -0.137. The van der Waals surface area contributed by atoms with E-state index in [0.29, 0.717) is 23.5 Å². The number of pyridine rings is 1. The van der Waals surface area contributed by atoms with Crippen molar-refractivity contribution in [2.45, 2.75) is 25.1 Å². The highest BCUT2D eigenvalue weighted by atomic mass is 35.5. The van der Waals surface area contributed by atoms with Gasteiger partial charge in [0, 0.05) is 35.8 Å². The lowest BCUT2D eigenvalue weighted by atomic mass is 10.1. The molecule has 3 aromatic rings. The molecule has 1 aliphatic carbocycles. The van der Waals surface area contributed by atoms with Crippen molar-refractivity contribution in [3.05, 3.63) is 59.4 Å². The van der Waals surface area contributed by atoms with Crippen LogP contribution in [0.3, 0.4) is 0 Å². The van der Waals surface area contributed by atoms with Gasteiger partial charge in [-0.05, 0) is 43.2 Å². The van der Waals surface area contributed by atoms with Crippen molar-refractivity contribution in [3.63, 3.8) is 0 Å². The zero-order chi connectivity index (χ0) is 19.7. The van der Waals surface area contributed by atoms with Crippen molar-refractivity contribution in [1.29, 1.82) is 0 Å². The molecule has 0 saturated heterocycles. The second-order valence-electron chi connectivity index (χ2n) is 6.43. The van der Waals surface area contributed by atoms with Crippen molar-refractivity contribution in [2.24, 2.45) is 0 Å². The Balaban J connectivity index is 1.69. The van der Waals surface area contributed by atoms with Crippen LogP contribution < -0.4 is 10.6 Å². The number of hydrogen-bond donors (Lipinski definition) is 2. The van der Waals surface area contributed by atoms with Gasteiger partial charge in [-0.2, -0.15) is 18.2 Å². The molecular weight excluding hydrogens is 391 g/mol. The van der Waals surface area contributed by atoms with Crippen LogP contribution in [0.4, 0.5) is 30.6 Å². The van der Waals surface area contributed by atoms with Crippen LogP contribution in [0, 0.1) is 0 Å². The molecule has 1 aromatic carbocycles. The van der Waals surface area contributed by atoms with Crippen LogP contribution in [0.5, 0.6) is 0 Å². The maximum Gasteiger partial charge on any atom is 0.417 e. The van der Waals surface area contributed by atoms with Crippen molar-refractivity contribution < 1.29 is 13.2 Å². The lowest BCUT2D eigenvalue weighted by Gasteiger charge is -2.14. The largest absolute Gasteiger partial charge is 0.417 e. The van der Waals surface area contributed by atoms with E-state index in [0.717, 1.165) is 24.5 Å². The number of alkyl halides is 3. The first-order valence-electron chi connectivity index (χ1n) is 8.58. The highest BCUT2D eigenvalue weighted by molar-refractivity contribution is 6.31. The standard InChI is InChI=1S/C19H15ClF3N5/c20-15-4-3-13(9-14(15)19(21,22)23)25-17-10-16(11-5-7-24-8-6-11)27-18(28-17)26-12-1-2-12/h3-10,12H,1-2H2,(H2,25,26,27,28). The quantitative estimate of drug-likeness (QED) is 0.584. The monoisotopic (exact) mass is 405 g/mol. The number of rotatable bonds is 5. The molecule has 0 amide bonds. The topological polar surface area (TPSA) is 62.7 Å². The molecule has 2 aromatic heterocycles. The zero-order valence-electron chi connectivity index (χ0n) is 14.5. The highest BCUT2D eigenvalue weighted by Gasteiger charge is 2.33. The molecule has 0 atom stereocenters. The van der Waals surface area contributed by atoms with Gasteiger partial charge in [-0.25, -0.2) is 4.98 Å². The minimum atomic E-state index is -4.54. The lowest BCUT2D eigenvalue weighted by Crippen LogP contribution is -2.09. The van der Waals surface area contributed by atoms with Crippen LogP contribution in [0.1, 0.15) is 18.4 Å². The van der Waals surface area contributed by atoms with E-state index in [4.69, 9.17) is 11.6 Å². The molecular formula is C19H15ClF3N5. The molecule has 4 rings (SSSR count). The Hall–Kier alpha value is -2.87. The van der Waals surface area contributed by atoms with Gasteiger partial charge in [-0.1, -0.05) is 11.6 Å². The maximum absolute atomic E-state index is 13.1. The van der Waals surface area contributed by atoms with Crippen molar-refractivity contribution >= 4 is 29.1 Å². The Morgan fingerprint density at radius 2 is 1.75 bits per heavy atom. The van der Waals surface area contributed by atoms with Crippen LogP contribution in [-0.4, -0.2) is 21.0 Å². The van der Waals surface area contributed by atoms with Crippen molar-refractivity contribution in [3.8, 4) is 11.3 Å². The summed E-state index contributed by atoms with van der Waals surface area (Å²) < 4.78 is 39.3. The van der Waals surface area contributed by atoms with Gasteiger partial charge in [0.15, 0.2) is 0 Å². The van der Waals surface area contributed by atoms with Crippen LogP contribution in [0.15, 0.2) is 48.8 Å². The van der Waals surface area contributed by atoms with E-state index in [-0.39, 0.29) is 10.7 Å². The van der Waals surface area contributed by atoms with Gasteiger partial charge >= 0.3 is 6.18 Å². The normalized spacial score (nSPS) is 14.0. The summed E-state index contributed by atoms with van der Waals surface area (Å²) in [6, 6.07) is 9.25. The van der Waals surface area contributed by atoms with Crippen LogP contribution in [0.2, 0.25) is 5.02 Å². The first-order chi connectivity index (χ1) is 13.4. The first kappa shape index (κ1) is 18.5. The molecule has 144 valence electrons. The third-order valence-electron chi connectivity index (χ3n) is 4.16. The van der Waals surface area contributed by atoms with Crippen LogP contribution >= 0.6 is 11.6 Å². The molecule has 0 spiro atoms. The van der Waals surface area contributed by atoms with E-state index in [9.17, 15) is 13.2 Å². The minimum Gasteiger partial charge on any atom is -0.351 e. The summed E-state index contributed by atoms with van der Waals surface area (Å²) in [5, 5.41) is 5.79. The third-order valence-corrected chi connectivity index (χ3v) is 4.49. The van der Waals surface area contributed by atoms with Gasteiger partial charge in [0.25, 0.3) is 0 Å². The highest BCUT2D eigenvalue weighted by Crippen LogP contribution is 2.37. The summed E-state index contributed by atoms with van der Waals surface area (Å²) in [6.07, 6.45) is 0.831. The molecule has 5 nitrogen and oxygen atoms in total. The van der Waals surface area contributed by atoms with Gasteiger partial charge in [0.2, 0.25) is 5.95 Å². The Labute approximate surface area is 164 Å². The Bertz CT molecular complexity index is 991. The van der Waals surface area contributed by atoms with E-state index < -0.39 is 11.7 Å². The Morgan fingerprint density at radius 1 is 1.00 bits per heavy atom. The number of benzene rings is 1. The summed E-state index contributed by atoms with van der Waals surface area (Å²) in [5.41, 5.74) is 0.784. The van der Waals surface area contributed by atoms with Gasteiger partial charge in [0.05, 0.1) is 16.3 Å². The summed E-state index contributed by atoms with van der Waals surface area (Å²) in [6.45, 7) is 0. The number of nitrogens with one attached hydrogen (secondary N) is 2. The van der Waals surface area contributed by atoms with Gasteiger partial charge < -0.3 is 10.6 Å². The van der Waals surface area contributed by atoms with E-state index in [1.165, 1.54) is 12.1 Å². The molecule has 0 bridgehead atoms. The van der Waals surface area contributed by atoms with Crippen LogP contribution in [0.25, 0.3) is 11.3 Å². The molecule has 0 unspecified atom stereocenters. The van der Waals surface area contributed by atoms with Crippen molar-refractivity contribution in [1.82, 2.24) is 15.0 Å². The van der Waals surface area contributed by atoms with E-state index in [1.54, 1.807) is 30.6 Å².